The Morgan fingerprint density at radius 1 is 1.35 bits per heavy atom. The smallest absolute Gasteiger partial charge is 0.243 e. The lowest BCUT2D eigenvalue weighted by atomic mass is 10.2. The third-order valence-electron chi connectivity index (χ3n) is 3.70. The first kappa shape index (κ1) is 15.8. The van der Waals surface area contributed by atoms with Crippen LogP contribution in [0.5, 0.6) is 5.88 Å². The van der Waals surface area contributed by atoms with Gasteiger partial charge >= 0.3 is 0 Å². The topological polar surface area (TPSA) is 72.4 Å². The first-order valence-electron chi connectivity index (χ1n) is 7.16. The van der Waals surface area contributed by atoms with Crippen LogP contribution in [0.15, 0.2) is 41.7 Å². The number of benzene rings is 1. The Labute approximate surface area is 134 Å². The molecular formula is C15H16FN3O3S. The molecule has 1 saturated heterocycles. The van der Waals surface area contributed by atoms with E-state index >= 15 is 0 Å². The predicted molar refractivity (Wildman–Crippen MR) is 81.0 cm³/mol. The highest BCUT2D eigenvalue weighted by Gasteiger charge is 2.34. The van der Waals surface area contributed by atoms with E-state index in [2.05, 4.69) is 9.97 Å². The Morgan fingerprint density at radius 2 is 2.17 bits per heavy atom. The average Bonchev–Trinajstić information content (AvgIpc) is 2.97. The van der Waals surface area contributed by atoms with Crippen molar-refractivity contribution in [2.75, 3.05) is 13.1 Å². The number of rotatable bonds is 4. The normalized spacial score (nSPS) is 19.0. The highest BCUT2D eigenvalue weighted by molar-refractivity contribution is 7.89. The molecule has 2 heterocycles. The van der Waals surface area contributed by atoms with Gasteiger partial charge in [-0.3, -0.25) is 0 Å². The van der Waals surface area contributed by atoms with E-state index in [1.165, 1.54) is 22.8 Å². The second-order valence-corrected chi connectivity index (χ2v) is 7.26. The SMILES string of the molecule is Cc1cc(F)ccc1S(=O)(=O)N1CC[C@@H](Oc2ccncn2)C1. The van der Waals surface area contributed by atoms with Gasteiger partial charge < -0.3 is 4.74 Å². The maximum atomic E-state index is 13.2. The van der Waals surface area contributed by atoms with Gasteiger partial charge in [-0.2, -0.15) is 4.31 Å². The lowest BCUT2D eigenvalue weighted by Crippen LogP contribution is -2.31. The van der Waals surface area contributed by atoms with Crippen LogP contribution in [0.3, 0.4) is 0 Å². The zero-order valence-corrected chi connectivity index (χ0v) is 13.3. The van der Waals surface area contributed by atoms with Crippen molar-refractivity contribution >= 4 is 10.0 Å². The minimum Gasteiger partial charge on any atom is -0.473 e. The number of hydrogen-bond acceptors (Lipinski definition) is 5. The van der Waals surface area contributed by atoms with Gasteiger partial charge in [0.1, 0.15) is 18.2 Å². The van der Waals surface area contributed by atoms with Gasteiger partial charge in [0.15, 0.2) is 0 Å². The van der Waals surface area contributed by atoms with Crippen LogP contribution in [-0.4, -0.2) is 41.9 Å². The van der Waals surface area contributed by atoms with Crippen molar-refractivity contribution < 1.29 is 17.5 Å². The van der Waals surface area contributed by atoms with Crippen molar-refractivity contribution in [1.82, 2.24) is 14.3 Å². The summed E-state index contributed by atoms with van der Waals surface area (Å²) in [5, 5.41) is 0. The molecule has 1 aromatic carbocycles. The predicted octanol–water partition coefficient (Wildman–Crippen LogP) is 1.77. The molecule has 0 aliphatic carbocycles. The highest BCUT2D eigenvalue weighted by atomic mass is 32.2. The first-order valence-corrected chi connectivity index (χ1v) is 8.60. The first-order chi connectivity index (χ1) is 11.0. The summed E-state index contributed by atoms with van der Waals surface area (Å²) in [5.41, 5.74) is 0.394. The monoisotopic (exact) mass is 337 g/mol. The van der Waals surface area contributed by atoms with Gasteiger partial charge in [0.2, 0.25) is 15.9 Å². The maximum absolute atomic E-state index is 13.2. The van der Waals surface area contributed by atoms with Crippen LogP contribution in [-0.2, 0) is 10.0 Å². The fourth-order valence-corrected chi connectivity index (χ4v) is 4.26. The van der Waals surface area contributed by atoms with E-state index in [-0.39, 0.29) is 17.5 Å². The van der Waals surface area contributed by atoms with Gasteiger partial charge in [0.25, 0.3) is 0 Å². The fraction of sp³-hybridized carbons (Fsp3) is 0.333. The second-order valence-electron chi connectivity index (χ2n) is 5.35. The number of hydrogen-bond donors (Lipinski definition) is 0. The summed E-state index contributed by atoms with van der Waals surface area (Å²) in [4.78, 5) is 7.90. The molecule has 23 heavy (non-hydrogen) atoms. The molecule has 6 nitrogen and oxygen atoms in total. The average molecular weight is 337 g/mol. The molecule has 0 N–H and O–H groups in total. The molecular weight excluding hydrogens is 321 g/mol. The zero-order valence-electron chi connectivity index (χ0n) is 12.5. The van der Waals surface area contributed by atoms with Crippen molar-refractivity contribution in [1.29, 1.82) is 0 Å². The molecule has 1 atom stereocenters. The van der Waals surface area contributed by atoms with Gasteiger partial charge in [-0.25, -0.2) is 22.8 Å². The summed E-state index contributed by atoms with van der Waals surface area (Å²) < 4.78 is 45.6. The van der Waals surface area contributed by atoms with Gasteiger partial charge in [0.05, 0.1) is 11.4 Å². The van der Waals surface area contributed by atoms with E-state index in [1.54, 1.807) is 19.2 Å². The van der Waals surface area contributed by atoms with Crippen LogP contribution in [0.4, 0.5) is 4.39 Å². The number of nitrogens with zero attached hydrogens (tertiary/aromatic N) is 3. The van der Waals surface area contributed by atoms with Gasteiger partial charge in [-0.15, -0.1) is 0 Å². The lowest BCUT2D eigenvalue weighted by Gasteiger charge is -2.18. The van der Waals surface area contributed by atoms with E-state index < -0.39 is 15.8 Å². The third kappa shape index (κ3) is 3.32. The molecule has 1 fully saturated rings. The molecule has 0 bridgehead atoms. The Morgan fingerprint density at radius 3 is 2.87 bits per heavy atom. The molecule has 1 aromatic heterocycles. The quantitative estimate of drug-likeness (QED) is 0.850. The molecule has 3 rings (SSSR count). The van der Waals surface area contributed by atoms with E-state index in [1.807, 2.05) is 0 Å². The van der Waals surface area contributed by atoms with E-state index in [9.17, 15) is 12.8 Å². The van der Waals surface area contributed by atoms with Gasteiger partial charge in [-0.05, 0) is 37.1 Å². The second kappa shape index (κ2) is 6.21. The largest absolute Gasteiger partial charge is 0.473 e. The fourth-order valence-electron chi connectivity index (χ4n) is 2.57. The summed E-state index contributed by atoms with van der Waals surface area (Å²) in [5.74, 6) is -0.0324. The number of halogens is 1. The molecule has 2 aromatic rings. The molecule has 8 heteroatoms. The van der Waals surface area contributed by atoms with Crippen LogP contribution in [0.2, 0.25) is 0 Å². The number of sulfonamides is 1. The molecule has 0 unspecified atom stereocenters. The van der Waals surface area contributed by atoms with Crippen LogP contribution < -0.4 is 4.74 Å². The van der Waals surface area contributed by atoms with Crippen molar-refractivity contribution in [3.8, 4) is 5.88 Å². The number of aryl methyl sites for hydroxylation is 1. The van der Waals surface area contributed by atoms with Gasteiger partial charge in [-0.1, -0.05) is 0 Å². The molecule has 0 saturated carbocycles. The van der Waals surface area contributed by atoms with Crippen LogP contribution >= 0.6 is 0 Å². The summed E-state index contributed by atoms with van der Waals surface area (Å²) in [7, 11) is -3.66. The van der Waals surface area contributed by atoms with Crippen molar-refractivity contribution in [3.63, 3.8) is 0 Å². The van der Waals surface area contributed by atoms with Gasteiger partial charge in [0, 0.05) is 18.8 Å². The zero-order chi connectivity index (χ0) is 16.4. The standard InChI is InChI=1S/C15H16FN3O3S/c1-11-8-12(16)2-3-14(11)23(20,21)19-7-5-13(9-19)22-15-4-6-17-10-18-15/h2-4,6,8,10,13H,5,7,9H2,1H3/t13-/m1/s1. The molecule has 0 amide bonds. The number of aromatic nitrogens is 2. The minimum atomic E-state index is -3.66. The molecule has 0 radical (unpaired) electrons. The summed E-state index contributed by atoms with van der Waals surface area (Å²) >= 11 is 0. The van der Waals surface area contributed by atoms with Crippen molar-refractivity contribution in [2.45, 2.75) is 24.3 Å². The third-order valence-corrected chi connectivity index (χ3v) is 5.73. The summed E-state index contributed by atoms with van der Waals surface area (Å²) in [6.45, 7) is 2.18. The maximum Gasteiger partial charge on any atom is 0.243 e. The Bertz CT molecular complexity index is 799. The minimum absolute atomic E-state index is 0.126. The van der Waals surface area contributed by atoms with E-state index in [4.69, 9.17) is 4.74 Å². The van der Waals surface area contributed by atoms with Crippen LogP contribution in [0.25, 0.3) is 0 Å². The molecule has 1 aliphatic heterocycles. The van der Waals surface area contributed by atoms with E-state index in [0.717, 1.165) is 6.07 Å². The Kier molecular flexibility index (Phi) is 4.27. The summed E-state index contributed by atoms with van der Waals surface area (Å²) in [6.07, 6.45) is 3.25. The molecule has 0 spiro atoms. The molecule has 1 aliphatic rings. The highest BCUT2D eigenvalue weighted by Crippen LogP contribution is 2.25. The summed E-state index contributed by atoms with van der Waals surface area (Å²) in [6, 6.07) is 5.31. The number of ether oxygens (including phenoxy) is 1. The Hall–Kier alpha value is -2.06. The van der Waals surface area contributed by atoms with Crippen molar-refractivity contribution in [2.24, 2.45) is 0 Å². The van der Waals surface area contributed by atoms with E-state index in [0.29, 0.717) is 24.4 Å². The van der Waals surface area contributed by atoms with Crippen LogP contribution in [0, 0.1) is 12.7 Å². The lowest BCUT2D eigenvalue weighted by molar-refractivity contribution is 0.206. The van der Waals surface area contributed by atoms with Crippen molar-refractivity contribution in [3.05, 3.63) is 48.2 Å². The Balaban J connectivity index is 1.75. The van der Waals surface area contributed by atoms with Crippen LogP contribution in [0.1, 0.15) is 12.0 Å². The molecule has 122 valence electrons.